The number of benzene rings is 1. The van der Waals surface area contributed by atoms with E-state index in [2.05, 4.69) is 21.0 Å². The van der Waals surface area contributed by atoms with Crippen molar-refractivity contribution >= 4 is 38.6 Å². The maximum Gasteiger partial charge on any atom is 0.0872 e. The van der Waals surface area contributed by atoms with E-state index >= 15 is 0 Å². The highest BCUT2D eigenvalue weighted by molar-refractivity contribution is 9.10. The van der Waals surface area contributed by atoms with Crippen molar-refractivity contribution in [3.63, 3.8) is 0 Å². The number of hydrogen-bond acceptors (Lipinski definition) is 1. The molecular weight excluding hydrogens is 227 g/mol. The molecule has 0 saturated carbocycles. The number of aromatic nitrogens is 2. The molecule has 1 aromatic heterocycles. The molecule has 11 heavy (non-hydrogen) atoms. The Hall–Kier alpha value is -0.540. The van der Waals surface area contributed by atoms with Gasteiger partial charge >= 0.3 is 0 Å². The first-order valence-electron chi connectivity index (χ1n) is 3.07. The number of hydrogen-bond donors (Lipinski definition) is 0. The SMILES string of the molecule is Cln1ncc2cc(Br)ccc21. The average molecular weight is 231 g/mol. The van der Waals surface area contributed by atoms with E-state index in [9.17, 15) is 0 Å². The van der Waals surface area contributed by atoms with Crippen LogP contribution in [0.2, 0.25) is 0 Å². The van der Waals surface area contributed by atoms with Crippen molar-refractivity contribution in [3.8, 4) is 0 Å². The van der Waals surface area contributed by atoms with Crippen molar-refractivity contribution in [2.75, 3.05) is 0 Å². The van der Waals surface area contributed by atoms with Crippen LogP contribution in [0.4, 0.5) is 0 Å². The monoisotopic (exact) mass is 230 g/mol. The van der Waals surface area contributed by atoms with Gasteiger partial charge in [-0.1, -0.05) is 15.9 Å². The quantitative estimate of drug-likeness (QED) is 0.682. The lowest BCUT2D eigenvalue weighted by Crippen LogP contribution is -1.79. The van der Waals surface area contributed by atoms with Crippen molar-refractivity contribution in [2.24, 2.45) is 0 Å². The number of halogens is 2. The second-order valence-electron chi connectivity index (χ2n) is 2.21. The van der Waals surface area contributed by atoms with Gasteiger partial charge in [-0.05, 0) is 18.2 Å². The lowest BCUT2D eigenvalue weighted by atomic mass is 10.3. The van der Waals surface area contributed by atoms with Crippen molar-refractivity contribution < 1.29 is 0 Å². The summed E-state index contributed by atoms with van der Waals surface area (Å²) < 4.78 is 2.37. The second kappa shape index (κ2) is 2.50. The van der Waals surface area contributed by atoms with Gasteiger partial charge in [0.25, 0.3) is 0 Å². The summed E-state index contributed by atoms with van der Waals surface area (Å²) in [7, 11) is 0. The second-order valence-corrected chi connectivity index (χ2v) is 3.44. The van der Waals surface area contributed by atoms with Gasteiger partial charge in [-0.3, -0.25) is 0 Å². The highest BCUT2D eigenvalue weighted by atomic mass is 79.9. The van der Waals surface area contributed by atoms with Crippen LogP contribution >= 0.6 is 27.7 Å². The van der Waals surface area contributed by atoms with Gasteiger partial charge in [-0.25, -0.2) is 0 Å². The molecule has 2 nitrogen and oxygen atoms in total. The molecule has 2 rings (SSSR count). The van der Waals surface area contributed by atoms with Crippen molar-refractivity contribution in [1.29, 1.82) is 0 Å². The van der Waals surface area contributed by atoms with Crippen LogP contribution in [0, 0.1) is 0 Å². The van der Waals surface area contributed by atoms with Crippen LogP contribution in [0.3, 0.4) is 0 Å². The first-order valence-corrected chi connectivity index (χ1v) is 4.20. The van der Waals surface area contributed by atoms with Gasteiger partial charge < -0.3 is 0 Å². The maximum atomic E-state index is 5.72. The summed E-state index contributed by atoms with van der Waals surface area (Å²) in [6, 6.07) is 5.82. The zero-order chi connectivity index (χ0) is 7.84. The van der Waals surface area contributed by atoms with E-state index in [0.717, 1.165) is 15.4 Å². The fourth-order valence-electron chi connectivity index (χ4n) is 0.972. The van der Waals surface area contributed by atoms with Gasteiger partial charge in [0, 0.05) is 21.6 Å². The van der Waals surface area contributed by atoms with Gasteiger partial charge in [0.1, 0.15) is 0 Å². The largest absolute Gasteiger partial charge is 0.172 e. The van der Waals surface area contributed by atoms with E-state index in [1.54, 1.807) is 6.20 Å². The van der Waals surface area contributed by atoms with Crippen LogP contribution in [0.25, 0.3) is 10.9 Å². The molecule has 0 aliphatic rings. The predicted octanol–water partition coefficient (Wildman–Crippen LogP) is 2.80. The molecule has 0 unspecified atom stereocenters. The molecule has 0 N–H and O–H groups in total. The smallest absolute Gasteiger partial charge is 0.0872 e. The van der Waals surface area contributed by atoms with Gasteiger partial charge in [0.05, 0.1) is 11.7 Å². The fraction of sp³-hybridized carbons (Fsp3) is 0. The van der Waals surface area contributed by atoms with Crippen LogP contribution in [0.5, 0.6) is 0 Å². The van der Waals surface area contributed by atoms with Crippen LogP contribution in [-0.2, 0) is 0 Å². The molecule has 4 heteroatoms. The number of fused-ring (bicyclic) bond motifs is 1. The predicted molar refractivity (Wildman–Crippen MR) is 48.7 cm³/mol. The Labute approximate surface area is 77.0 Å². The van der Waals surface area contributed by atoms with Gasteiger partial charge in [0.15, 0.2) is 0 Å². The zero-order valence-corrected chi connectivity index (χ0v) is 7.80. The third-order valence-electron chi connectivity index (χ3n) is 1.49. The molecule has 1 aromatic carbocycles. The van der Waals surface area contributed by atoms with Crippen molar-refractivity contribution in [2.45, 2.75) is 0 Å². The van der Waals surface area contributed by atoms with Crippen LogP contribution in [0.1, 0.15) is 0 Å². The molecular formula is C7H4BrClN2. The van der Waals surface area contributed by atoms with Gasteiger partial charge in [0.2, 0.25) is 0 Å². The summed E-state index contributed by atoms with van der Waals surface area (Å²) in [6.07, 6.45) is 1.73. The minimum absolute atomic E-state index is 0.926. The van der Waals surface area contributed by atoms with Gasteiger partial charge in [-0.2, -0.15) is 9.30 Å². The Bertz CT molecular complexity index is 396. The van der Waals surface area contributed by atoms with Crippen LogP contribution in [0.15, 0.2) is 28.9 Å². The molecule has 0 saturated heterocycles. The minimum Gasteiger partial charge on any atom is -0.172 e. The number of nitrogens with zero attached hydrogens (tertiary/aromatic N) is 2. The molecule has 0 radical (unpaired) electrons. The lowest BCUT2D eigenvalue weighted by molar-refractivity contribution is 1.02. The van der Waals surface area contributed by atoms with Gasteiger partial charge in [-0.15, -0.1) is 0 Å². The summed E-state index contributed by atoms with van der Waals surface area (Å²) >= 11 is 9.08. The lowest BCUT2D eigenvalue weighted by Gasteiger charge is -1.90. The molecule has 0 spiro atoms. The molecule has 0 aliphatic heterocycles. The maximum absolute atomic E-state index is 5.72. The van der Waals surface area contributed by atoms with E-state index in [1.165, 1.54) is 4.20 Å². The summed E-state index contributed by atoms with van der Waals surface area (Å²) in [5.74, 6) is 0. The zero-order valence-electron chi connectivity index (χ0n) is 5.46. The molecule has 0 aliphatic carbocycles. The van der Waals surface area contributed by atoms with E-state index in [-0.39, 0.29) is 0 Å². The third-order valence-corrected chi connectivity index (χ3v) is 2.25. The van der Waals surface area contributed by atoms with E-state index in [1.807, 2.05) is 18.2 Å². The van der Waals surface area contributed by atoms with Crippen molar-refractivity contribution in [3.05, 3.63) is 28.9 Å². The highest BCUT2D eigenvalue weighted by Crippen LogP contribution is 2.19. The minimum atomic E-state index is 0.926. The third kappa shape index (κ3) is 1.14. The fourth-order valence-corrected chi connectivity index (χ4v) is 1.55. The first-order chi connectivity index (χ1) is 5.27. The van der Waals surface area contributed by atoms with Crippen molar-refractivity contribution in [1.82, 2.24) is 9.30 Å². The Morgan fingerprint density at radius 2 is 2.27 bits per heavy atom. The van der Waals surface area contributed by atoms with Crippen LogP contribution < -0.4 is 0 Å². The normalized spacial score (nSPS) is 10.7. The first kappa shape index (κ1) is 7.13. The molecule has 1 heterocycles. The van der Waals surface area contributed by atoms with E-state index in [0.29, 0.717) is 0 Å². The molecule has 2 aromatic rings. The average Bonchev–Trinajstić information content (AvgIpc) is 2.32. The Kier molecular flexibility index (Phi) is 1.62. The highest BCUT2D eigenvalue weighted by Gasteiger charge is 1.99. The summed E-state index contributed by atoms with van der Waals surface area (Å²) in [6.45, 7) is 0. The van der Waals surface area contributed by atoms with E-state index < -0.39 is 0 Å². The molecule has 0 bridgehead atoms. The Morgan fingerprint density at radius 1 is 1.45 bits per heavy atom. The Morgan fingerprint density at radius 3 is 3.09 bits per heavy atom. The topological polar surface area (TPSA) is 17.8 Å². The summed E-state index contributed by atoms with van der Waals surface area (Å²) in [4.78, 5) is 0. The number of rotatable bonds is 0. The molecule has 0 fully saturated rings. The molecule has 0 amide bonds. The molecule has 56 valence electrons. The Balaban J connectivity index is 2.86. The van der Waals surface area contributed by atoms with E-state index in [4.69, 9.17) is 11.8 Å². The standard InChI is InChI=1S/C7H4BrClN2/c8-6-1-2-7-5(3-6)4-10-11(7)9/h1-4H. The molecule has 0 atom stereocenters. The summed E-state index contributed by atoms with van der Waals surface area (Å²) in [5, 5.41) is 4.93. The van der Waals surface area contributed by atoms with Crippen LogP contribution in [-0.4, -0.2) is 9.30 Å². The summed E-state index contributed by atoms with van der Waals surface area (Å²) in [5.41, 5.74) is 0.926.